The Morgan fingerprint density at radius 1 is 1.09 bits per heavy atom. The monoisotopic (exact) mass is 444 g/mol. The number of carbonyl (C=O) groups is 1. The van der Waals surface area contributed by atoms with Gasteiger partial charge in [0.05, 0.1) is 13.7 Å². The van der Waals surface area contributed by atoms with Crippen molar-refractivity contribution in [1.82, 2.24) is 9.80 Å². The van der Waals surface area contributed by atoms with Crippen LogP contribution in [-0.4, -0.2) is 76.4 Å². The van der Waals surface area contributed by atoms with E-state index in [0.29, 0.717) is 19.7 Å². The highest BCUT2D eigenvalue weighted by Crippen LogP contribution is 2.35. The standard InChI is InChI=1S/C25H33FN2O4/c1-30-12-11-28(25(29)18-31-2)16-21-15-27(14-20-7-4-5-10-24(20)32-3)17-23(21)19-8-6-9-22(26)13-19/h4-10,13,21,23H,11-12,14-18H2,1-3H3/t21-,23-/m1/s1. The maximum atomic E-state index is 14.0. The molecule has 0 saturated carbocycles. The topological polar surface area (TPSA) is 51.2 Å². The van der Waals surface area contributed by atoms with Gasteiger partial charge < -0.3 is 19.1 Å². The van der Waals surface area contributed by atoms with Crippen LogP contribution in [0.3, 0.4) is 0 Å². The molecule has 1 saturated heterocycles. The third-order valence-electron chi connectivity index (χ3n) is 6.02. The van der Waals surface area contributed by atoms with Crippen LogP contribution in [-0.2, 0) is 20.8 Å². The normalized spacial score (nSPS) is 18.6. The third kappa shape index (κ3) is 6.28. The molecule has 174 valence electrons. The zero-order valence-corrected chi connectivity index (χ0v) is 19.1. The molecule has 2 atom stereocenters. The number of amides is 1. The number of likely N-dealkylation sites (tertiary alicyclic amines) is 1. The molecule has 7 heteroatoms. The van der Waals surface area contributed by atoms with Gasteiger partial charge in [0.2, 0.25) is 5.91 Å². The first-order chi connectivity index (χ1) is 15.5. The quantitative estimate of drug-likeness (QED) is 0.533. The molecule has 0 unspecified atom stereocenters. The molecule has 0 aliphatic carbocycles. The van der Waals surface area contributed by atoms with Crippen molar-refractivity contribution in [3.8, 4) is 5.75 Å². The van der Waals surface area contributed by atoms with Crippen LogP contribution in [0.25, 0.3) is 0 Å². The van der Waals surface area contributed by atoms with Crippen LogP contribution in [0.4, 0.5) is 4.39 Å². The van der Waals surface area contributed by atoms with Crippen molar-refractivity contribution in [1.29, 1.82) is 0 Å². The molecule has 0 bridgehead atoms. The predicted molar refractivity (Wildman–Crippen MR) is 121 cm³/mol. The molecule has 1 amide bonds. The fourth-order valence-electron chi connectivity index (χ4n) is 4.48. The molecular formula is C25H33FN2O4. The van der Waals surface area contributed by atoms with Crippen molar-refractivity contribution in [3.05, 3.63) is 65.5 Å². The second kappa shape index (κ2) is 11.9. The SMILES string of the molecule is COCCN(C[C@H]1CN(Cc2ccccc2OC)C[C@@H]1c1cccc(F)c1)C(=O)COC. The van der Waals surface area contributed by atoms with E-state index in [9.17, 15) is 9.18 Å². The number of nitrogens with zero attached hydrogens (tertiary/aromatic N) is 2. The number of halogens is 1. The highest BCUT2D eigenvalue weighted by Gasteiger charge is 2.36. The van der Waals surface area contributed by atoms with Crippen LogP contribution in [0, 0.1) is 11.7 Å². The minimum absolute atomic E-state index is 0.0337. The van der Waals surface area contributed by atoms with Crippen molar-refractivity contribution in [2.75, 3.05) is 60.7 Å². The van der Waals surface area contributed by atoms with E-state index >= 15 is 0 Å². The minimum atomic E-state index is -0.240. The van der Waals surface area contributed by atoms with Gasteiger partial charge in [0.15, 0.2) is 0 Å². The van der Waals surface area contributed by atoms with Crippen LogP contribution in [0.15, 0.2) is 48.5 Å². The Labute approximate surface area is 189 Å². The van der Waals surface area contributed by atoms with Crippen LogP contribution in [0.5, 0.6) is 5.75 Å². The van der Waals surface area contributed by atoms with Gasteiger partial charge in [-0.15, -0.1) is 0 Å². The average Bonchev–Trinajstić information content (AvgIpc) is 3.19. The zero-order valence-electron chi connectivity index (χ0n) is 19.1. The smallest absolute Gasteiger partial charge is 0.248 e. The second-order valence-corrected chi connectivity index (χ2v) is 8.19. The van der Waals surface area contributed by atoms with Gasteiger partial charge in [0, 0.05) is 58.4 Å². The summed E-state index contributed by atoms with van der Waals surface area (Å²) in [4.78, 5) is 16.8. The van der Waals surface area contributed by atoms with E-state index in [4.69, 9.17) is 14.2 Å². The van der Waals surface area contributed by atoms with Crippen LogP contribution in [0.2, 0.25) is 0 Å². The van der Waals surface area contributed by atoms with Crippen molar-refractivity contribution >= 4 is 5.91 Å². The summed E-state index contributed by atoms with van der Waals surface area (Å²) in [6.45, 7) is 3.86. The Balaban J connectivity index is 1.82. The Morgan fingerprint density at radius 3 is 2.62 bits per heavy atom. The van der Waals surface area contributed by atoms with Gasteiger partial charge in [0.1, 0.15) is 18.2 Å². The summed E-state index contributed by atoms with van der Waals surface area (Å²) in [6, 6.07) is 14.8. The fourth-order valence-corrected chi connectivity index (χ4v) is 4.48. The van der Waals surface area contributed by atoms with Crippen LogP contribution < -0.4 is 4.74 Å². The van der Waals surface area contributed by atoms with E-state index in [1.807, 2.05) is 24.3 Å². The highest BCUT2D eigenvalue weighted by atomic mass is 19.1. The lowest BCUT2D eigenvalue weighted by atomic mass is 9.88. The molecule has 3 rings (SSSR count). The predicted octanol–water partition coefficient (Wildman–Crippen LogP) is 3.17. The molecule has 1 aliphatic heterocycles. The van der Waals surface area contributed by atoms with Gasteiger partial charge in [-0.2, -0.15) is 0 Å². The number of methoxy groups -OCH3 is 3. The Bertz CT molecular complexity index is 879. The van der Waals surface area contributed by atoms with Gasteiger partial charge in [-0.1, -0.05) is 30.3 Å². The first-order valence-corrected chi connectivity index (χ1v) is 10.9. The number of carbonyl (C=O) groups excluding carboxylic acids is 1. The number of rotatable bonds is 11. The van der Waals surface area contributed by atoms with Crippen molar-refractivity contribution in [3.63, 3.8) is 0 Å². The molecule has 1 fully saturated rings. The summed E-state index contributed by atoms with van der Waals surface area (Å²) < 4.78 is 29.8. The summed E-state index contributed by atoms with van der Waals surface area (Å²) in [5.41, 5.74) is 2.07. The third-order valence-corrected chi connectivity index (χ3v) is 6.02. The largest absolute Gasteiger partial charge is 0.496 e. The summed E-state index contributed by atoms with van der Waals surface area (Å²) >= 11 is 0. The van der Waals surface area contributed by atoms with Crippen LogP contribution >= 0.6 is 0 Å². The first-order valence-electron chi connectivity index (χ1n) is 10.9. The fraction of sp³-hybridized carbons (Fsp3) is 0.480. The van der Waals surface area contributed by atoms with Gasteiger partial charge >= 0.3 is 0 Å². The lowest BCUT2D eigenvalue weighted by Gasteiger charge is -2.28. The number of benzene rings is 2. The second-order valence-electron chi connectivity index (χ2n) is 8.19. The van der Waals surface area contributed by atoms with Crippen LogP contribution in [0.1, 0.15) is 17.0 Å². The van der Waals surface area contributed by atoms with Gasteiger partial charge in [0.25, 0.3) is 0 Å². The van der Waals surface area contributed by atoms with Gasteiger partial charge in [-0.25, -0.2) is 4.39 Å². The minimum Gasteiger partial charge on any atom is -0.496 e. The van der Waals surface area contributed by atoms with E-state index in [2.05, 4.69) is 11.0 Å². The van der Waals surface area contributed by atoms with E-state index in [-0.39, 0.29) is 30.2 Å². The lowest BCUT2D eigenvalue weighted by molar-refractivity contribution is -0.136. The van der Waals surface area contributed by atoms with Crippen molar-refractivity contribution in [2.45, 2.75) is 12.5 Å². The number of para-hydroxylation sites is 1. The Morgan fingerprint density at radius 2 is 1.91 bits per heavy atom. The number of hydrogen-bond donors (Lipinski definition) is 0. The summed E-state index contributed by atoms with van der Waals surface area (Å²) in [5.74, 6) is 0.821. The lowest BCUT2D eigenvalue weighted by Crippen LogP contribution is -2.41. The van der Waals surface area contributed by atoms with Crippen molar-refractivity contribution in [2.24, 2.45) is 5.92 Å². The Kier molecular flexibility index (Phi) is 9.02. The Hall–Kier alpha value is -2.48. The molecule has 2 aromatic rings. The molecule has 0 aromatic heterocycles. The van der Waals surface area contributed by atoms with Gasteiger partial charge in [-0.3, -0.25) is 9.69 Å². The summed E-state index contributed by atoms with van der Waals surface area (Å²) in [6.07, 6.45) is 0. The molecule has 0 spiro atoms. The van der Waals surface area contributed by atoms with E-state index in [0.717, 1.165) is 36.5 Å². The van der Waals surface area contributed by atoms with Crippen molar-refractivity contribution < 1.29 is 23.4 Å². The molecule has 0 radical (unpaired) electrons. The highest BCUT2D eigenvalue weighted by molar-refractivity contribution is 5.77. The number of hydrogen-bond acceptors (Lipinski definition) is 5. The average molecular weight is 445 g/mol. The number of ether oxygens (including phenoxy) is 3. The maximum absolute atomic E-state index is 14.0. The molecule has 2 aromatic carbocycles. The molecule has 32 heavy (non-hydrogen) atoms. The molecule has 6 nitrogen and oxygen atoms in total. The zero-order chi connectivity index (χ0) is 22.9. The molecule has 1 aliphatic rings. The van der Waals surface area contributed by atoms with E-state index in [1.54, 1.807) is 31.3 Å². The molecular weight excluding hydrogens is 411 g/mol. The van der Waals surface area contributed by atoms with Gasteiger partial charge in [-0.05, 0) is 29.7 Å². The van der Waals surface area contributed by atoms with E-state index < -0.39 is 0 Å². The molecule has 1 heterocycles. The first kappa shape index (κ1) is 24.2. The summed E-state index contributed by atoms with van der Waals surface area (Å²) in [5, 5.41) is 0. The molecule has 0 N–H and O–H groups in total. The van der Waals surface area contributed by atoms with E-state index in [1.165, 1.54) is 13.2 Å². The maximum Gasteiger partial charge on any atom is 0.248 e. The summed E-state index contributed by atoms with van der Waals surface area (Å²) in [7, 11) is 4.82.